The lowest BCUT2D eigenvalue weighted by atomic mass is 9.95. The molecule has 72 valence electrons. The number of hydrogen-bond donors (Lipinski definition) is 1. The summed E-state index contributed by atoms with van der Waals surface area (Å²) in [5, 5.41) is 9.89. The Kier molecular flexibility index (Phi) is 3.13. The Balaban J connectivity index is 2.33. The predicted octanol–water partition coefficient (Wildman–Crippen LogP) is 1.49. The molecule has 1 aliphatic rings. The summed E-state index contributed by atoms with van der Waals surface area (Å²) < 4.78 is 0. The average molecular weight is 171 g/mol. The van der Waals surface area contributed by atoms with Gasteiger partial charge in [0, 0.05) is 13.1 Å². The quantitative estimate of drug-likeness (QED) is 0.695. The Morgan fingerprint density at radius 1 is 1.58 bits per heavy atom. The van der Waals surface area contributed by atoms with Crippen molar-refractivity contribution in [1.82, 2.24) is 4.90 Å². The topological polar surface area (TPSA) is 23.5 Å². The normalized spacial score (nSPS) is 37.5. The van der Waals surface area contributed by atoms with Crippen molar-refractivity contribution in [2.45, 2.75) is 39.2 Å². The molecular weight excluding hydrogens is 150 g/mol. The molecule has 0 aromatic heterocycles. The van der Waals surface area contributed by atoms with Crippen LogP contribution >= 0.6 is 0 Å². The minimum absolute atomic E-state index is 0.425. The molecule has 0 amide bonds. The van der Waals surface area contributed by atoms with Gasteiger partial charge in [0.15, 0.2) is 0 Å². The lowest BCUT2D eigenvalue weighted by Crippen LogP contribution is -2.33. The monoisotopic (exact) mass is 171 g/mol. The van der Waals surface area contributed by atoms with Crippen molar-refractivity contribution in [3.8, 4) is 0 Å². The van der Waals surface area contributed by atoms with Gasteiger partial charge < -0.3 is 10.0 Å². The highest BCUT2D eigenvalue weighted by atomic mass is 16.3. The van der Waals surface area contributed by atoms with Crippen molar-refractivity contribution < 1.29 is 5.11 Å². The van der Waals surface area contributed by atoms with E-state index in [1.54, 1.807) is 0 Å². The van der Waals surface area contributed by atoms with Crippen molar-refractivity contribution in [3.05, 3.63) is 0 Å². The molecule has 0 aliphatic carbocycles. The SMILES string of the molecule is CCCCN1C[C@@H](C)[C@](C)(O)C1. The van der Waals surface area contributed by atoms with Crippen LogP contribution in [0.3, 0.4) is 0 Å². The van der Waals surface area contributed by atoms with Crippen LogP contribution in [0.15, 0.2) is 0 Å². The zero-order valence-corrected chi connectivity index (χ0v) is 8.51. The van der Waals surface area contributed by atoms with E-state index < -0.39 is 5.60 Å². The van der Waals surface area contributed by atoms with Gasteiger partial charge in [0.05, 0.1) is 5.60 Å². The van der Waals surface area contributed by atoms with Crippen molar-refractivity contribution in [3.63, 3.8) is 0 Å². The minimum Gasteiger partial charge on any atom is -0.389 e. The van der Waals surface area contributed by atoms with Crippen LogP contribution in [0, 0.1) is 5.92 Å². The van der Waals surface area contributed by atoms with Crippen LogP contribution in [0.2, 0.25) is 0 Å². The number of nitrogens with zero attached hydrogens (tertiary/aromatic N) is 1. The number of β-amino-alcohol motifs (C(OH)–C–C–N with tert-alkyl or cyclic N) is 1. The Hall–Kier alpha value is -0.0800. The Morgan fingerprint density at radius 3 is 2.67 bits per heavy atom. The van der Waals surface area contributed by atoms with E-state index in [0.29, 0.717) is 5.92 Å². The molecule has 1 heterocycles. The molecule has 0 saturated carbocycles. The maximum Gasteiger partial charge on any atom is 0.0783 e. The van der Waals surface area contributed by atoms with E-state index in [1.807, 2.05) is 6.92 Å². The fraction of sp³-hybridized carbons (Fsp3) is 1.00. The molecule has 1 rings (SSSR count). The summed E-state index contributed by atoms with van der Waals surface area (Å²) in [6.07, 6.45) is 2.50. The van der Waals surface area contributed by atoms with Crippen LogP contribution in [-0.4, -0.2) is 35.2 Å². The van der Waals surface area contributed by atoms with Gasteiger partial charge in [0.2, 0.25) is 0 Å². The molecule has 2 nitrogen and oxygen atoms in total. The fourth-order valence-corrected chi connectivity index (χ4v) is 1.81. The van der Waals surface area contributed by atoms with Crippen LogP contribution in [0.4, 0.5) is 0 Å². The van der Waals surface area contributed by atoms with E-state index in [4.69, 9.17) is 0 Å². The average Bonchev–Trinajstić information content (AvgIpc) is 2.22. The summed E-state index contributed by atoms with van der Waals surface area (Å²) >= 11 is 0. The van der Waals surface area contributed by atoms with Crippen LogP contribution in [0.1, 0.15) is 33.6 Å². The summed E-state index contributed by atoms with van der Waals surface area (Å²) in [5.74, 6) is 0.425. The first-order valence-electron chi connectivity index (χ1n) is 5.01. The molecule has 1 aliphatic heterocycles. The molecule has 1 N–H and O–H groups in total. The van der Waals surface area contributed by atoms with Crippen LogP contribution < -0.4 is 0 Å². The summed E-state index contributed by atoms with van der Waals surface area (Å²) in [7, 11) is 0. The Morgan fingerprint density at radius 2 is 2.25 bits per heavy atom. The molecule has 0 unspecified atom stereocenters. The van der Waals surface area contributed by atoms with Gasteiger partial charge in [-0.05, 0) is 25.8 Å². The largest absolute Gasteiger partial charge is 0.389 e. The number of hydrogen-bond acceptors (Lipinski definition) is 2. The predicted molar refractivity (Wildman–Crippen MR) is 51.1 cm³/mol. The van der Waals surface area contributed by atoms with E-state index in [0.717, 1.165) is 19.6 Å². The smallest absolute Gasteiger partial charge is 0.0783 e. The zero-order chi connectivity index (χ0) is 9.19. The lowest BCUT2D eigenvalue weighted by molar-refractivity contribution is 0.0368. The standard InChI is InChI=1S/C10H21NO/c1-4-5-6-11-7-9(2)10(3,12)8-11/h9,12H,4-8H2,1-3H3/t9-,10-/m1/s1. The van der Waals surface area contributed by atoms with Gasteiger partial charge in [0.25, 0.3) is 0 Å². The maximum absolute atomic E-state index is 9.89. The molecular formula is C10H21NO. The molecule has 0 radical (unpaired) electrons. The second-order valence-electron chi connectivity index (χ2n) is 4.35. The Bertz CT molecular complexity index is 145. The summed E-state index contributed by atoms with van der Waals surface area (Å²) in [4.78, 5) is 2.37. The summed E-state index contributed by atoms with van der Waals surface area (Å²) in [6, 6.07) is 0. The number of unbranched alkanes of at least 4 members (excludes halogenated alkanes) is 1. The van der Waals surface area contributed by atoms with E-state index in [9.17, 15) is 5.11 Å². The first-order chi connectivity index (χ1) is 5.56. The maximum atomic E-state index is 9.89. The summed E-state index contributed by atoms with van der Waals surface area (Å²) in [6.45, 7) is 9.35. The molecule has 2 atom stereocenters. The van der Waals surface area contributed by atoms with Gasteiger partial charge in [-0.1, -0.05) is 20.3 Å². The third-order valence-electron chi connectivity index (χ3n) is 2.97. The molecule has 1 saturated heterocycles. The lowest BCUT2D eigenvalue weighted by Gasteiger charge is -2.20. The molecule has 0 bridgehead atoms. The van der Waals surface area contributed by atoms with Crippen molar-refractivity contribution in [2.75, 3.05) is 19.6 Å². The summed E-state index contributed by atoms with van der Waals surface area (Å²) in [5.41, 5.74) is -0.451. The molecule has 12 heavy (non-hydrogen) atoms. The van der Waals surface area contributed by atoms with E-state index >= 15 is 0 Å². The van der Waals surface area contributed by atoms with Crippen LogP contribution in [0.25, 0.3) is 0 Å². The molecule has 0 spiro atoms. The van der Waals surface area contributed by atoms with Crippen LogP contribution in [0.5, 0.6) is 0 Å². The van der Waals surface area contributed by atoms with Gasteiger partial charge in [-0.2, -0.15) is 0 Å². The van der Waals surface area contributed by atoms with Crippen molar-refractivity contribution >= 4 is 0 Å². The second-order valence-corrected chi connectivity index (χ2v) is 4.35. The van der Waals surface area contributed by atoms with Crippen LogP contribution in [-0.2, 0) is 0 Å². The van der Waals surface area contributed by atoms with Gasteiger partial charge >= 0.3 is 0 Å². The highest BCUT2D eigenvalue weighted by Crippen LogP contribution is 2.26. The highest BCUT2D eigenvalue weighted by molar-refractivity contribution is 4.91. The molecule has 0 aromatic rings. The number of aliphatic hydroxyl groups is 1. The molecule has 1 fully saturated rings. The van der Waals surface area contributed by atoms with Gasteiger partial charge in [0.1, 0.15) is 0 Å². The van der Waals surface area contributed by atoms with Gasteiger partial charge in [-0.3, -0.25) is 0 Å². The third kappa shape index (κ3) is 2.20. The Labute approximate surface area is 75.6 Å². The highest BCUT2D eigenvalue weighted by Gasteiger charge is 2.37. The zero-order valence-electron chi connectivity index (χ0n) is 8.51. The molecule has 0 aromatic carbocycles. The van der Waals surface area contributed by atoms with E-state index in [-0.39, 0.29) is 0 Å². The van der Waals surface area contributed by atoms with Crippen molar-refractivity contribution in [1.29, 1.82) is 0 Å². The molecule has 2 heteroatoms. The van der Waals surface area contributed by atoms with Gasteiger partial charge in [-0.25, -0.2) is 0 Å². The van der Waals surface area contributed by atoms with Crippen molar-refractivity contribution in [2.24, 2.45) is 5.92 Å². The second kappa shape index (κ2) is 3.75. The fourth-order valence-electron chi connectivity index (χ4n) is 1.81. The number of likely N-dealkylation sites (tertiary alicyclic amines) is 1. The first kappa shape index (κ1) is 10.0. The minimum atomic E-state index is -0.451. The van der Waals surface area contributed by atoms with E-state index in [2.05, 4.69) is 18.7 Å². The van der Waals surface area contributed by atoms with Gasteiger partial charge in [-0.15, -0.1) is 0 Å². The first-order valence-corrected chi connectivity index (χ1v) is 5.01. The third-order valence-corrected chi connectivity index (χ3v) is 2.97. The number of rotatable bonds is 3. The van der Waals surface area contributed by atoms with E-state index in [1.165, 1.54) is 12.8 Å².